The molecule has 0 radical (unpaired) electrons. The second-order valence-corrected chi connectivity index (χ2v) is 4.64. The minimum absolute atomic E-state index is 0.0391. The summed E-state index contributed by atoms with van der Waals surface area (Å²) in [6.07, 6.45) is 6.74. The molecule has 1 aromatic rings. The molecule has 1 aliphatic rings. The van der Waals surface area contributed by atoms with Gasteiger partial charge in [0.15, 0.2) is 0 Å². The number of nitrogens with two attached hydrogens (primary N) is 1. The Hall–Kier alpha value is -1.40. The second-order valence-electron chi connectivity index (χ2n) is 4.64. The van der Waals surface area contributed by atoms with Crippen molar-refractivity contribution < 1.29 is 9.53 Å². The Balaban J connectivity index is 2.10. The van der Waals surface area contributed by atoms with Crippen LogP contribution < -0.4 is 5.73 Å². The van der Waals surface area contributed by atoms with E-state index in [0.29, 0.717) is 0 Å². The first-order valence-corrected chi connectivity index (χ1v) is 6.27. The van der Waals surface area contributed by atoms with E-state index in [2.05, 4.69) is 10.2 Å². The fraction of sp³-hybridized carbons (Fsp3) is 0.667. The van der Waals surface area contributed by atoms with Crippen molar-refractivity contribution in [1.29, 1.82) is 0 Å². The van der Waals surface area contributed by atoms with Crippen LogP contribution in [0.4, 0.5) is 0 Å². The largest absolute Gasteiger partial charge is 0.383 e. The number of nitrogens with zero attached hydrogens (tertiary/aromatic N) is 2. The molecule has 2 rings (SSSR count). The number of hydrogen-bond donors (Lipinski definition) is 2. The van der Waals surface area contributed by atoms with E-state index in [1.54, 1.807) is 13.3 Å². The van der Waals surface area contributed by atoms with E-state index >= 15 is 0 Å². The van der Waals surface area contributed by atoms with Crippen LogP contribution in [0.2, 0.25) is 0 Å². The molecule has 0 aliphatic carbocycles. The van der Waals surface area contributed by atoms with Crippen LogP contribution in [0.15, 0.2) is 12.4 Å². The first kappa shape index (κ1) is 13.0. The number of aromatic amines is 1. The van der Waals surface area contributed by atoms with Crippen LogP contribution in [0.5, 0.6) is 0 Å². The lowest BCUT2D eigenvalue weighted by Crippen LogP contribution is -2.49. The molecule has 0 saturated carbocycles. The first-order valence-electron chi connectivity index (χ1n) is 6.27. The number of rotatable bonds is 4. The maximum Gasteiger partial charge on any atom is 0.242 e. The van der Waals surface area contributed by atoms with Crippen molar-refractivity contribution in [2.24, 2.45) is 5.73 Å². The molecule has 3 N–H and O–H groups in total. The molecule has 2 unspecified atom stereocenters. The van der Waals surface area contributed by atoms with Gasteiger partial charge < -0.3 is 15.4 Å². The quantitative estimate of drug-likeness (QED) is 0.814. The third kappa shape index (κ3) is 2.70. The summed E-state index contributed by atoms with van der Waals surface area (Å²) in [5.41, 5.74) is 6.88. The molecule has 0 bridgehead atoms. The Morgan fingerprint density at radius 3 is 3.22 bits per heavy atom. The zero-order chi connectivity index (χ0) is 13.0. The fourth-order valence-electron chi connectivity index (χ4n) is 2.45. The van der Waals surface area contributed by atoms with Crippen LogP contribution in [-0.4, -0.2) is 47.3 Å². The topological polar surface area (TPSA) is 84.2 Å². The summed E-state index contributed by atoms with van der Waals surface area (Å²) in [4.78, 5) is 14.1. The normalized spacial score (nSPS) is 21.9. The van der Waals surface area contributed by atoms with Crippen molar-refractivity contribution >= 4 is 5.91 Å². The van der Waals surface area contributed by atoms with Gasteiger partial charge in [-0.05, 0) is 19.3 Å². The SMILES string of the molecule is COCC(N)C(=O)N1CCCCC1c1cn[nH]c1. The molecule has 1 amide bonds. The van der Waals surface area contributed by atoms with Crippen LogP contribution in [0.1, 0.15) is 30.9 Å². The van der Waals surface area contributed by atoms with E-state index in [1.165, 1.54) is 0 Å². The van der Waals surface area contributed by atoms with E-state index in [9.17, 15) is 4.79 Å². The van der Waals surface area contributed by atoms with Crippen LogP contribution in [0.25, 0.3) is 0 Å². The Kier molecular flexibility index (Phi) is 4.33. The van der Waals surface area contributed by atoms with Gasteiger partial charge in [-0.15, -0.1) is 0 Å². The zero-order valence-electron chi connectivity index (χ0n) is 10.6. The minimum Gasteiger partial charge on any atom is -0.383 e. The van der Waals surface area contributed by atoms with Crippen LogP contribution in [-0.2, 0) is 9.53 Å². The highest BCUT2D eigenvalue weighted by Gasteiger charge is 2.31. The summed E-state index contributed by atoms with van der Waals surface area (Å²) >= 11 is 0. The lowest BCUT2D eigenvalue weighted by molar-refractivity contribution is -0.137. The molecular weight excluding hydrogens is 232 g/mol. The van der Waals surface area contributed by atoms with Gasteiger partial charge in [-0.25, -0.2) is 0 Å². The van der Waals surface area contributed by atoms with Gasteiger partial charge in [0.25, 0.3) is 0 Å². The van der Waals surface area contributed by atoms with E-state index in [0.717, 1.165) is 31.4 Å². The Morgan fingerprint density at radius 1 is 1.72 bits per heavy atom. The predicted octanol–water partition coefficient (Wildman–Crippen LogP) is 0.437. The Morgan fingerprint density at radius 2 is 2.56 bits per heavy atom. The molecule has 0 spiro atoms. The summed E-state index contributed by atoms with van der Waals surface area (Å²) in [6, 6.07) is -0.490. The maximum atomic E-state index is 12.3. The third-order valence-corrected chi connectivity index (χ3v) is 3.35. The number of nitrogens with one attached hydrogen (secondary N) is 1. The molecule has 1 saturated heterocycles. The van der Waals surface area contributed by atoms with Crippen LogP contribution >= 0.6 is 0 Å². The molecule has 2 heterocycles. The van der Waals surface area contributed by atoms with Crippen molar-refractivity contribution in [3.8, 4) is 0 Å². The molecule has 18 heavy (non-hydrogen) atoms. The highest BCUT2D eigenvalue weighted by molar-refractivity contribution is 5.82. The van der Waals surface area contributed by atoms with Gasteiger partial charge in [-0.1, -0.05) is 0 Å². The van der Waals surface area contributed by atoms with E-state index in [4.69, 9.17) is 10.5 Å². The Bertz CT molecular complexity index is 379. The number of hydrogen-bond acceptors (Lipinski definition) is 4. The average molecular weight is 252 g/mol. The average Bonchev–Trinajstić information content (AvgIpc) is 2.92. The summed E-state index contributed by atoms with van der Waals surface area (Å²) in [5.74, 6) is -0.0391. The monoisotopic (exact) mass is 252 g/mol. The van der Waals surface area contributed by atoms with Crippen molar-refractivity contribution in [3.05, 3.63) is 18.0 Å². The van der Waals surface area contributed by atoms with Crippen molar-refractivity contribution in [2.75, 3.05) is 20.3 Å². The molecule has 1 fully saturated rings. The van der Waals surface area contributed by atoms with Gasteiger partial charge in [0, 0.05) is 25.4 Å². The maximum absolute atomic E-state index is 12.3. The number of amides is 1. The van der Waals surface area contributed by atoms with Crippen molar-refractivity contribution in [3.63, 3.8) is 0 Å². The number of methoxy groups -OCH3 is 1. The summed E-state index contributed by atoms with van der Waals surface area (Å²) in [7, 11) is 1.55. The van der Waals surface area contributed by atoms with Gasteiger partial charge in [0.05, 0.1) is 18.8 Å². The summed E-state index contributed by atoms with van der Waals surface area (Å²) in [5, 5.41) is 6.75. The predicted molar refractivity (Wildman–Crippen MR) is 66.7 cm³/mol. The molecule has 2 atom stereocenters. The van der Waals surface area contributed by atoms with Crippen LogP contribution in [0.3, 0.4) is 0 Å². The summed E-state index contributed by atoms with van der Waals surface area (Å²) in [6.45, 7) is 1.01. The van der Waals surface area contributed by atoms with E-state index in [-0.39, 0.29) is 18.6 Å². The lowest BCUT2D eigenvalue weighted by atomic mass is 9.97. The van der Waals surface area contributed by atoms with Gasteiger partial charge in [0.2, 0.25) is 5.91 Å². The smallest absolute Gasteiger partial charge is 0.242 e. The second kappa shape index (κ2) is 5.97. The molecule has 6 heteroatoms. The summed E-state index contributed by atoms with van der Waals surface area (Å²) < 4.78 is 4.95. The van der Waals surface area contributed by atoms with Crippen molar-refractivity contribution in [2.45, 2.75) is 31.3 Å². The number of piperidine rings is 1. The van der Waals surface area contributed by atoms with Gasteiger partial charge in [-0.2, -0.15) is 5.10 Å². The Labute approximate surface area is 106 Å². The lowest BCUT2D eigenvalue weighted by Gasteiger charge is -2.36. The highest BCUT2D eigenvalue weighted by atomic mass is 16.5. The number of carbonyl (C=O) groups is 1. The molecule has 1 aliphatic heterocycles. The number of H-pyrrole nitrogens is 1. The number of likely N-dealkylation sites (tertiary alicyclic amines) is 1. The molecule has 1 aromatic heterocycles. The first-order chi connectivity index (χ1) is 8.74. The van der Waals surface area contributed by atoms with Crippen LogP contribution in [0, 0.1) is 0 Å². The highest BCUT2D eigenvalue weighted by Crippen LogP contribution is 2.30. The molecular formula is C12H20N4O2. The van der Waals surface area contributed by atoms with Gasteiger partial charge >= 0.3 is 0 Å². The standard InChI is InChI=1S/C12H20N4O2/c1-18-8-10(13)12(17)16-5-3-2-4-11(16)9-6-14-15-7-9/h6-7,10-11H,2-5,8,13H2,1H3,(H,14,15). The minimum atomic E-state index is -0.581. The number of ether oxygens (including phenoxy) is 1. The molecule has 0 aromatic carbocycles. The van der Waals surface area contributed by atoms with Gasteiger partial charge in [0.1, 0.15) is 6.04 Å². The fourth-order valence-corrected chi connectivity index (χ4v) is 2.45. The number of aromatic nitrogens is 2. The third-order valence-electron chi connectivity index (χ3n) is 3.35. The van der Waals surface area contributed by atoms with Gasteiger partial charge in [-0.3, -0.25) is 9.89 Å². The molecule has 6 nitrogen and oxygen atoms in total. The van der Waals surface area contributed by atoms with E-state index in [1.807, 2.05) is 11.1 Å². The zero-order valence-corrected chi connectivity index (χ0v) is 10.6. The number of carbonyl (C=O) groups excluding carboxylic acids is 1. The van der Waals surface area contributed by atoms with Crippen molar-refractivity contribution in [1.82, 2.24) is 15.1 Å². The molecule has 100 valence electrons. The van der Waals surface area contributed by atoms with E-state index < -0.39 is 6.04 Å².